The van der Waals surface area contributed by atoms with Crippen molar-refractivity contribution in [3.05, 3.63) is 162 Å². The van der Waals surface area contributed by atoms with Gasteiger partial charge in [0.1, 0.15) is 0 Å². The Morgan fingerprint density at radius 2 is 1.40 bits per heavy atom. The molecule has 0 saturated heterocycles. The van der Waals surface area contributed by atoms with Crippen molar-refractivity contribution in [3.8, 4) is 39.7 Å². The summed E-state index contributed by atoms with van der Waals surface area (Å²) >= 11 is 0. The first-order valence-corrected chi connectivity index (χ1v) is 23.1. The molecule has 4 aromatic carbocycles. The molecule has 3 heteroatoms. The fourth-order valence-electron chi connectivity index (χ4n) is 11.0. The molecule has 262 valence electrons. The average Bonchev–Trinajstić information content (AvgIpc) is 3.44. The van der Waals surface area contributed by atoms with Gasteiger partial charge in [0, 0.05) is 16.5 Å². The lowest BCUT2D eigenvalue weighted by Crippen LogP contribution is -2.55. The van der Waals surface area contributed by atoms with Crippen molar-refractivity contribution in [3.63, 3.8) is 0 Å². The molecular formula is C50H48N2Si. The molecule has 1 spiro atoms. The largest absolute Gasteiger partial charge is 0.248 e. The number of aromatic nitrogens is 1. The van der Waals surface area contributed by atoms with Crippen LogP contribution in [0.25, 0.3) is 39.2 Å². The van der Waals surface area contributed by atoms with E-state index in [9.17, 15) is 5.26 Å². The van der Waals surface area contributed by atoms with Gasteiger partial charge in [0.25, 0.3) is 0 Å². The van der Waals surface area contributed by atoms with Crippen LogP contribution >= 0.6 is 0 Å². The number of hydrogen-bond acceptors (Lipinski definition) is 2. The Labute approximate surface area is 316 Å². The molecule has 1 aromatic heterocycles. The summed E-state index contributed by atoms with van der Waals surface area (Å²) < 4.78 is 0. The van der Waals surface area contributed by atoms with E-state index in [1.807, 2.05) is 6.08 Å². The lowest BCUT2D eigenvalue weighted by molar-refractivity contribution is -0.0407. The highest BCUT2D eigenvalue weighted by molar-refractivity contribution is 6.88. The molecule has 2 nitrogen and oxygen atoms in total. The SMILES string of the molecule is C=C/C=C\C1=C(Cc2cccc(-c3cc(-c4ccccc4)nc(-c4ccc([Si](C)(C)C)cc4)c3)c2)c2cc(C#N)ccc2C12C1CC3CC(C1)CC2C3. The van der Waals surface area contributed by atoms with Crippen molar-refractivity contribution in [1.29, 1.82) is 5.26 Å². The number of hydrogen-bond donors (Lipinski definition) is 0. The second-order valence-electron chi connectivity index (χ2n) is 17.2. The molecule has 0 radical (unpaired) electrons. The Kier molecular flexibility index (Phi) is 8.36. The molecule has 0 unspecified atom stereocenters. The topological polar surface area (TPSA) is 36.7 Å². The van der Waals surface area contributed by atoms with E-state index in [1.54, 1.807) is 0 Å². The van der Waals surface area contributed by atoms with Gasteiger partial charge in [0.15, 0.2) is 0 Å². The van der Waals surface area contributed by atoms with Crippen LogP contribution in [-0.4, -0.2) is 13.1 Å². The van der Waals surface area contributed by atoms with E-state index >= 15 is 0 Å². The third-order valence-electron chi connectivity index (χ3n) is 13.1. The zero-order chi connectivity index (χ0) is 36.3. The van der Waals surface area contributed by atoms with Crippen LogP contribution in [0.15, 0.2) is 140 Å². The average molecular weight is 705 g/mol. The van der Waals surface area contributed by atoms with E-state index in [-0.39, 0.29) is 5.41 Å². The Morgan fingerprint density at radius 3 is 2.04 bits per heavy atom. The fraction of sp³-hybridized carbons (Fsp3) is 0.280. The number of nitriles is 1. The molecule has 4 fully saturated rings. The van der Waals surface area contributed by atoms with Gasteiger partial charge < -0.3 is 0 Å². The van der Waals surface area contributed by atoms with Gasteiger partial charge in [-0.25, -0.2) is 4.98 Å². The standard InChI is InChI=1S/C50H48N2Si/c1-5-6-15-46-44(45-29-34(32-51)16-21-47(45)50(46)41-24-35-22-36(26-41)27-42(50)25-35)28-33-11-10-14-39(23-33)40-30-48(37-12-8-7-9-13-37)52-49(31-40)38-17-19-43(20-18-38)53(2,3)4/h5-21,23,29-31,35-36,41-42H,1,22,24-28H2,2-4H3/b15-6-. The van der Waals surface area contributed by atoms with Crippen molar-refractivity contribution in [2.45, 2.75) is 63.6 Å². The molecule has 0 N–H and O–H groups in total. The lowest BCUT2D eigenvalue weighted by atomic mass is 9.42. The second-order valence-corrected chi connectivity index (χ2v) is 22.3. The monoisotopic (exact) mass is 704 g/mol. The first kappa shape index (κ1) is 33.8. The number of pyridine rings is 1. The van der Waals surface area contributed by atoms with Gasteiger partial charge in [-0.15, -0.1) is 0 Å². The van der Waals surface area contributed by atoms with Crippen molar-refractivity contribution >= 4 is 18.8 Å². The Balaban J connectivity index is 1.16. The lowest BCUT2D eigenvalue weighted by Gasteiger charge is -2.61. The van der Waals surface area contributed by atoms with E-state index in [1.165, 1.54) is 76.3 Å². The Bertz CT molecular complexity index is 2300. The summed E-state index contributed by atoms with van der Waals surface area (Å²) in [6.07, 6.45) is 14.1. The molecule has 4 saturated carbocycles. The summed E-state index contributed by atoms with van der Waals surface area (Å²) in [7, 11) is -1.42. The number of nitrogens with zero attached hydrogens (tertiary/aromatic N) is 2. The third-order valence-corrected chi connectivity index (χ3v) is 15.2. The van der Waals surface area contributed by atoms with Crippen LogP contribution in [0.3, 0.4) is 0 Å². The number of rotatable bonds is 8. The highest BCUT2D eigenvalue weighted by Gasteiger charge is 2.61. The first-order chi connectivity index (χ1) is 25.7. The van der Waals surface area contributed by atoms with E-state index < -0.39 is 8.07 Å². The normalized spacial score (nSPS) is 24.2. The van der Waals surface area contributed by atoms with Crippen LogP contribution in [0.4, 0.5) is 0 Å². The van der Waals surface area contributed by atoms with E-state index in [0.717, 1.165) is 46.3 Å². The van der Waals surface area contributed by atoms with Crippen LogP contribution in [0, 0.1) is 35.0 Å². The highest BCUT2D eigenvalue weighted by Crippen LogP contribution is 2.69. The minimum absolute atomic E-state index is 0.0266. The molecular weight excluding hydrogens is 657 g/mol. The van der Waals surface area contributed by atoms with Crippen LogP contribution in [0.5, 0.6) is 0 Å². The maximum absolute atomic E-state index is 10.1. The second kappa shape index (κ2) is 13.1. The molecule has 0 atom stereocenters. The number of fused-ring (bicyclic) bond motifs is 1. The minimum Gasteiger partial charge on any atom is -0.248 e. The molecule has 10 rings (SSSR count). The van der Waals surface area contributed by atoms with Gasteiger partial charge >= 0.3 is 0 Å². The predicted octanol–water partition coefficient (Wildman–Crippen LogP) is 11.9. The third kappa shape index (κ3) is 5.80. The van der Waals surface area contributed by atoms with Gasteiger partial charge in [0.2, 0.25) is 0 Å². The van der Waals surface area contributed by atoms with Gasteiger partial charge in [-0.1, -0.05) is 135 Å². The molecule has 5 aromatic rings. The smallest absolute Gasteiger partial charge is 0.0991 e. The van der Waals surface area contributed by atoms with Crippen LogP contribution in [0.2, 0.25) is 19.6 Å². The fourth-order valence-corrected chi connectivity index (χ4v) is 12.1. The maximum atomic E-state index is 10.1. The van der Waals surface area contributed by atoms with Gasteiger partial charge in [0.05, 0.1) is 31.1 Å². The summed E-state index contributed by atoms with van der Waals surface area (Å²) in [4.78, 5) is 5.22. The van der Waals surface area contributed by atoms with Crippen LogP contribution in [-0.2, 0) is 11.8 Å². The summed E-state index contributed by atoms with van der Waals surface area (Å²) in [6.45, 7) is 11.3. The Morgan fingerprint density at radius 1 is 0.736 bits per heavy atom. The quantitative estimate of drug-likeness (QED) is 0.119. The van der Waals surface area contributed by atoms with Crippen molar-refractivity contribution < 1.29 is 0 Å². The summed E-state index contributed by atoms with van der Waals surface area (Å²) in [5, 5.41) is 11.5. The summed E-state index contributed by atoms with van der Waals surface area (Å²) in [5.74, 6) is 3.06. The minimum atomic E-state index is -1.42. The van der Waals surface area contributed by atoms with Crippen molar-refractivity contribution in [2.24, 2.45) is 23.7 Å². The summed E-state index contributed by atoms with van der Waals surface area (Å²) in [6, 6.07) is 42.4. The van der Waals surface area contributed by atoms with E-state index in [4.69, 9.17) is 4.98 Å². The van der Waals surface area contributed by atoms with E-state index in [0.29, 0.717) is 11.8 Å². The number of allylic oxidation sites excluding steroid dienone is 5. The van der Waals surface area contributed by atoms with Crippen LogP contribution < -0.4 is 5.19 Å². The molecule has 53 heavy (non-hydrogen) atoms. The Hall–Kier alpha value is -5.04. The first-order valence-electron chi connectivity index (χ1n) is 19.6. The molecule has 1 heterocycles. The highest BCUT2D eigenvalue weighted by atomic mass is 28.3. The molecule has 0 amide bonds. The van der Waals surface area contributed by atoms with Crippen molar-refractivity contribution in [2.75, 3.05) is 0 Å². The maximum Gasteiger partial charge on any atom is 0.0991 e. The molecule has 5 aliphatic carbocycles. The van der Waals surface area contributed by atoms with Crippen LogP contribution in [0.1, 0.15) is 54.4 Å². The number of benzene rings is 4. The molecule has 0 aliphatic heterocycles. The zero-order valence-electron chi connectivity index (χ0n) is 31.3. The zero-order valence-corrected chi connectivity index (χ0v) is 32.3. The summed E-state index contributed by atoms with van der Waals surface area (Å²) in [5.41, 5.74) is 14.3. The predicted molar refractivity (Wildman–Crippen MR) is 223 cm³/mol. The van der Waals surface area contributed by atoms with Gasteiger partial charge in [-0.2, -0.15) is 5.26 Å². The van der Waals surface area contributed by atoms with E-state index in [2.05, 4.69) is 154 Å². The molecule has 5 aliphatic rings. The van der Waals surface area contributed by atoms with Gasteiger partial charge in [-0.05, 0) is 125 Å². The molecule has 4 bridgehead atoms. The van der Waals surface area contributed by atoms with Gasteiger partial charge in [-0.3, -0.25) is 0 Å². The van der Waals surface area contributed by atoms with Crippen molar-refractivity contribution in [1.82, 2.24) is 4.98 Å².